The van der Waals surface area contributed by atoms with Crippen LogP contribution in [0.15, 0.2) is 63.9 Å². The van der Waals surface area contributed by atoms with Gasteiger partial charge in [-0.1, -0.05) is 22.9 Å². The van der Waals surface area contributed by atoms with Crippen molar-refractivity contribution in [2.75, 3.05) is 0 Å². The number of ether oxygens (including phenoxy) is 1. The van der Waals surface area contributed by atoms with Crippen LogP contribution in [-0.4, -0.2) is 18.0 Å². The monoisotopic (exact) mass is 326 g/mol. The van der Waals surface area contributed by atoms with Gasteiger partial charge in [-0.05, 0) is 38.1 Å². The minimum Gasteiger partial charge on any atom is -0.464 e. The second-order valence-corrected chi connectivity index (χ2v) is 5.53. The van der Waals surface area contributed by atoms with Crippen molar-refractivity contribution in [2.45, 2.75) is 26.0 Å². The van der Waals surface area contributed by atoms with Gasteiger partial charge in [0.15, 0.2) is 0 Å². The van der Waals surface area contributed by atoms with Crippen LogP contribution < -0.4 is 10.1 Å². The molecule has 124 valence electrons. The van der Waals surface area contributed by atoms with E-state index in [-0.39, 0.29) is 0 Å². The zero-order valence-corrected chi connectivity index (χ0v) is 13.5. The smallest absolute Gasteiger partial charge is 0.436 e. The Morgan fingerprint density at radius 1 is 1.42 bits per heavy atom. The van der Waals surface area contributed by atoms with Crippen molar-refractivity contribution in [3.05, 3.63) is 54.3 Å². The van der Waals surface area contributed by atoms with Crippen LogP contribution in [0.2, 0.25) is 0 Å². The van der Waals surface area contributed by atoms with Gasteiger partial charge in [0.2, 0.25) is 5.72 Å². The zero-order valence-electron chi connectivity index (χ0n) is 13.5. The highest BCUT2D eigenvalue weighted by Gasteiger charge is 2.34. The Hall–Kier alpha value is -3.02. The van der Waals surface area contributed by atoms with Crippen LogP contribution in [0.4, 0.5) is 4.79 Å². The van der Waals surface area contributed by atoms with E-state index in [9.17, 15) is 4.79 Å². The molecule has 6 heteroatoms. The number of allylic oxidation sites excluding steroid dienone is 2. The molecule has 3 rings (SSSR count). The van der Waals surface area contributed by atoms with E-state index in [1.807, 2.05) is 37.3 Å². The number of carbonyl (C=O) groups is 1. The van der Waals surface area contributed by atoms with Crippen LogP contribution in [0.5, 0.6) is 5.75 Å². The SMILES string of the molecule is CC=NOC(=O)NC1(Oc2ccc3ccoc3c2)C=CC=C(C)C1. The Balaban J connectivity index is 1.85. The minimum absolute atomic E-state index is 0.491. The maximum absolute atomic E-state index is 11.9. The molecule has 1 heterocycles. The zero-order chi connectivity index (χ0) is 17.0. The number of amides is 1. The highest BCUT2D eigenvalue weighted by Crippen LogP contribution is 2.29. The first-order valence-electron chi connectivity index (χ1n) is 7.59. The van der Waals surface area contributed by atoms with E-state index in [2.05, 4.69) is 10.5 Å². The number of hydrogen-bond donors (Lipinski definition) is 1. The topological polar surface area (TPSA) is 73.1 Å². The van der Waals surface area contributed by atoms with Crippen LogP contribution in [0.25, 0.3) is 11.0 Å². The number of furan rings is 1. The van der Waals surface area contributed by atoms with E-state index in [1.165, 1.54) is 6.21 Å². The second kappa shape index (κ2) is 6.62. The van der Waals surface area contributed by atoms with Crippen molar-refractivity contribution in [3.63, 3.8) is 0 Å². The summed E-state index contributed by atoms with van der Waals surface area (Å²) in [6.45, 7) is 3.63. The predicted molar refractivity (Wildman–Crippen MR) is 90.9 cm³/mol. The first-order valence-corrected chi connectivity index (χ1v) is 7.59. The average Bonchev–Trinajstić information content (AvgIpc) is 3.00. The summed E-state index contributed by atoms with van der Waals surface area (Å²) < 4.78 is 11.5. The Labute approximate surface area is 139 Å². The molecule has 0 saturated carbocycles. The third-order valence-corrected chi connectivity index (χ3v) is 3.57. The first-order chi connectivity index (χ1) is 11.6. The Morgan fingerprint density at radius 3 is 3.08 bits per heavy atom. The molecule has 24 heavy (non-hydrogen) atoms. The van der Waals surface area contributed by atoms with Gasteiger partial charge in [0.25, 0.3) is 0 Å². The average molecular weight is 326 g/mol. The Bertz CT molecular complexity index is 834. The largest absolute Gasteiger partial charge is 0.464 e. The molecular formula is C18H18N2O4. The van der Waals surface area contributed by atoms with Crippen LogP contribution >= 0.6 is 0 Å². The van der Waals surface area contributed by atoms with Crippen LogP contribution in [-0.2, 0) is 4.84 Å². The number of oxime groups is 1. The molecule has 1 aromatic heterocycles. The summed E-state index contributed by atoms with van der Waals surface area (Å²) in [5.41, 5.74) is 0.739. The molecular weight excluding hydrogens is 308 g/mol. The molecule has 1 aromatic carbocycles. The summed E-state index contributed by atoms with van der Waals surface area (Å²) in [4.78, 5) is 16.7. The number of fused-ring (bicyclic) bond motifs is 1. The Morgan fingerprint density at radius 2 is 2.29 bits per heavy atom. The summed E-state index contributed by atoms with van der Waals surface area (Å²) in [7, 11) is 0. The molecule has 2 aromatic rings. The highest BCUT2D eigenvalue weighted by molar-refractivity contribution is 5.78. The maximum Gasteiger partial charge on any atom is 0.436 e. The number of nitrogens with one attached hydrogen (secondary N) is 1. The number of hydrogen-bond acceptors (Lipinski definition) is 5. The molecule has 0 bridgehead atoms. The molecule has 6 nitrogen and oxygen atoms in total. The maximum atomic E-state index is 11.9. The van der Waals surface area contributed by atoms with Crippen molar-refractivity contribution < 1.29 is 18.8 Å². The number of nitrogens with zero attached hydrogens (tertiary/aromatic N) is 1. The van der Waals surface area contributed by atoms with Crippen molar-refractivity contribution in [2.24, 2.45) is 5.16 Å². The van der Waals surface area contributed by atoms with Crippen molar-refractivity contribution >= 4 is 23.3 Å². The van der Waals surface area contributed by atoms with Gasteiger partial charge in [-0.2, -0.15) is 0 Å². The van der Waals surface area contributed by atoms with E-state index >= 15 is 0 Å². The van der Waals surface area contributed by atoms with Gasteiger partial charge >= 0.3 is 6.09 Å². The summed E-state index contributed by atoms with van der Waals surface area (Å²) in [6.07, 6.45) is 8.40. The molecule has 1 amide bonds. The lowest BCUT2D eigenvalue weighted by atomic mass is 9.98. The molecule has 0 spiro atoms. The lowest BCUT2D eigenvalue weighted by Gasteiger charge is -2.33. The lowest BCUT2D eigenvalue weighted by molar-refractivity contribution is 0.0656. The third kappa shape index (κ3) is 3.48. The number of rotatable bonds is 4. The molecule has 1 unspecified atom stereocenters. The third-order valence-electron chi connectivity index (χ3n) is 3.57. The second-order valence-electron chi connectivity index (χ2n) is 5.53. The van der Waals surface area contributed by atoms with E-state index in [4.69, 9.17) is 14.0 Å². The van der Waals surface area contributed by atoms with Gasteiger partial charge in [0, 0.05) is 24.1 Å². The van der Waals surface area contributed by atoms with Crippen molar-refractivity contribution in [1.29, 1.82) is 0 Å². The standard InChI is InChI=1S/C18H18N2O4/c1-3-19-24-17(21)20-18(9-4-5-13(2)12-18)23-15-7-6-14-8-10-22-16(14)11-15/h3-11H,12H2,1-2H3,(H,20,21). The summed E-state index contributed by atoms with van der Waals surface area (Å²) >= 11 is 0. The molecule has 1 atom stereocenters. The molecule has 0 fully saturated rings. The molecule has 0 radical (unpaired) electrons. The van der Waals surface area contributed by atoms with E-state index < -0.39 is 11.8 Å². The van der Waals surface area contributed by atoms with Gasteiger partial charge in [0.1, 0.15) is 11.3 Å². The van der Waals surface area contributed by atoms with Gasteiger partial charge in [-0.3, -0.25) is 10.2 Å². The number of carbonyl (C=O) groups excluding carboxylic acids is 1. The number of benzene rings is 1. The summed E-state index contributed by atoms with van der Waals surface area (Å²) in [6, 6.07) is 7.39. The predicted octanol–water partition coefficient (Wildman–Crippen LogP) is 4.15. The van der Waals surface area contributed by atoms with Gasteiger partial charge in [-0.15, -0.1) is 0 Å². The molecule has 1 aliphatic carbocycles. The van der Waals surface area contributed by atoms with E-state index in [0.717, 1.165) is 11.0 Å². The van der Waals surface area contributed by atoms with Gasteiger partial charge < -0.3 is 9.15 Å². The highest BCUT2D eigenvalue weighted by atomic mass is 16.7. The molecule has 1 N–H and O–H groups in total. The molecule has 0 aliphatic heterocycles. The normalized spacial score (nSPS) is 20.2. The van der Waals surface area contributed by atoms with Crippen LogP contribution in [0.3, 0.4) is 0 Å². The first kappa shape index (κ1) is 15.9. The fourth-order valence-corrected chi connectivity index (χ4v) is 2.59. The van der Waals surface area contributed by atoms with E-state index in [0.29, 0.717) is 17.8 Å². The summed E-state index contributed by atoms with van der Waals surface area (Å²) in [5, 5.41) is 7.20. The van der Waals surface area contributed by atoms with Crippen molar-refractivity contribution in [1.82, 2.24) is 5.32 Å². The minimum atomic E-state index is -1.04. The Kier molecular flexibility index (Phi) is 4.37. The fourth-order valence-electron chi connectivity index (χ4n) is 2.59. The molecule has 0 saturated heterocycles. The van der Waals surface area contributed by atoms with Gasteiger partial charge in [0.05, 0.1) is 6.26 Å². The fraction of sp³-hybridized carbons (Fsp3) is 0.222. The summed E-state index contributed by atoms with van der Waals surface area (Å²) in [5.74, 6) is 0.580. The quantitative estimate of drug-likeness (QED) is 0.396. The molecule has 1 aliphatic rings. The lowest BCUT2D eigenvalue weighted by Crippen LogP contribution is -2.52. The van der Waals surface area contributed by atoms with Crippen LogP contribution in [0, 0.1) is 0 Å². The van der Waals surface area contributed by atoms with E-state index in [1.54, 1.807) is 25.3 Å². The van der Waals surface area contributed by atoms with Gasteiger partial charge in [-0.25, -0.2) is 4.79 Å². The van der Waals surface area contributed by atoms with Crippen LogP contribution in [0.1, 0.15) is 20.3 Å². The van der Waals surface area contributed by atoms with Crippen molar-refractivity contribution in [3.8, 4) is 5.75 Å².